The topological polar surface area (TPSA) is 36.0 Å². The lowest BCUT2D eigenvalue weighted by Gasteiger charge is -2.39. The average molecular weight is 536 g/mol. The van der Waals surface area contributed by atoms with Crippen molar-refractivity contribution in [3.05, 3.63) is 34.9 Å². The zero-order valence-corrected chi connectivity index (χ0v) is 21.3. The maximum atomic E-state index is 12.8. The van der Waals surface area contributed by atoms with Crippen molar-refractivity contribution in [3.8, 4) is 0 Å². The Balaban J connectivity index is 1.33. The molecule has 0 N–H and O–H groups in total. The van der Waals surface area contributed by atoms with Gasteiger partial charge in [0.05, 0.1) is 0 Å². The number of halogens is 6. The molecule has 0 unspecified atom stereocenters. The largest absolute Gasteiger partial charge is 0.434 e. The van der Waals surface area contributed by atoms with Crippen LogP contribution in [-0.4, -0.2) is 78.5 Å². The minimum Gasteiger partial charge on any atom is -0.426 e. The number of ether oxygens (including phenoxy) is 1. The molecule has 0 bridgehead atoms. The molecule has 3 aliphatic heterocycles. The van der Waals surface area contributed by atoms with Crippen molar-refractivity contribution in [2.45, 2.75) is 71.1 Å². The fourth-order valence-corrected chi connectivity index (χ4v) is 6.00. The van der Waals surface area contributed by atoms with Crippen LogP contribution in [0.4, 0.5) is 31.1 Å². The highest BCUT2D eigenvalue weighted by molar-refractivity contribution is 5.68. The predicted molar refractivity (Wildman–Crippen MR) is 126 cm³/mol. The number of benzene rings is 1. The summed E-state index contributed by atoms with van der Waals surface area (Å²) in [5.41, 5.74) is 4.02. The van der Waals surface area contributed by atoms with Crippen LogP contribution in [0.5, 0.6) is 0 Å². The summed E-state index contributed by atoms with van der Waals surface area (Å²) in [6.45, 7) is 10.2. The van der Waals surface area contributed by atoms with E-state index in [0.29, 0.717) is 18.8 Å². The molecule has 5 nitrogen and oxygen atoms in total. The molecule has 3 heterocycles. The number of alkyl halides is 6. The molecule has 2 fully saturated rings. The molecule has 4 rings (SSSR count). The van der Waals surface area contributed by atoms with E-state index in [2.05, 4.69) is 46.6 Å². The van der Waals surface area contributed by atoms with Crippen molar-refractivity contribution in [2.75, 3.05) is 39.3 Å². The van der Waals surface area contributed by atoms with Gasteiger partial charge in [-0.25, -0.2) is 4.79 Å². The first-order chi connectivity index (χ1) is 17.3. The average Bonchev–Trinajstić information content (AvgIpc) is 3.18. The molecule has 0 atom stereocenters. The maximum Gasteiger partial charge on any atom is 0.434 e. The van der Waals surface area contributed by atoms with Crippen LogP contribution in [0.3, 0.4) is 0 Å². The van der Waals surface area contributed by atoms with E-state index in [0.717, 1.165) is 57.0 Å². The fourth-order valence-electron chi connectivity index (χ4n) is 6.00. The first-order valence-electron chi connectivity index (χ1n) is 12.9. The highest BCUT2D eigenvalue weighted by Gasteiger charge is 2.60. The predicted octanol–water partition coefficient (Wildman–Crippen LogP) is 5.62. The van der Waals surface area contributed by atoms with Gasteiger partial charge < -0.3 is 9.64 Å². The highest BCUT2D eigenvalue weighted by atomic mass is 19.4. The summed E-state index contributed by atoms with van der Waals surface area (Å²) in [4.78, 5) is 18.0. The van der Waals surface area contributed by atoms with Crippen LogP contribution in [0.2, 0.25) is 0 Å². The number of rotatable bonds is 5. The standard InChI is InChI=1S/C26H35F6N3O2/c1-18(2)14-33-10-6-19-4-3-5-20(21(19)16-33)15-34-11-7-24(17-34)8-12-35(13-9-24)23(36)37-22(25(27,28)29)26(30,31)32/h3-5,18,22H,6-17H2,1-2H3. The molecule has 0 radical (unpaired) electrons. The van der Waals surface area contributed by atoms with E-state index in [4.69, 9.17) is 0 Å². The lowest BCUT2D eigenvalue weighted by atomic mass is 9.78. The number of amides is 1. The number of carbonyl (C=O) groups is 1. The van der Waals surface area contributed by atoms with Crippen LogP contribution in [0.25, 0.3) is 0 Å². The van der Waals surface area contributed by atoms with Crippen LogP contribution in [0, 0.1) is 11.3 Å². The van der Waals surface area contributed by atoms with Gasteiger partial charge >= 0.3 is 18.4 Å². The van der Waals surface area contributed by atoms with Gasteiger partial charge in [0.1, 0.15) is 0 Å². The Hall–Kier alpha value is -2.01. The van der Waals surface area contributed by atoms with E-state index in [1.165, 1.54) is 16.7 Å². The van der Waals surface area contributed by atoms with Crippen LogP contribution in [0.1, 0.15) is 49.8 Å². The van der Waals surface area contributed by atoms with Gasteiger partial charge in [0.25, 0.3) is 6.10 Å². The Kier molecular flexibility index (Phi) is 8.05. The van der Waals surface area contributed by atoms with Gasteiger partial charge in [-0.1, -0.05) is 32.0 Å². The van der Waals surface area contributed by atoms with E-state index in [9.17, 15) is 31.1 Å². The normalized spacial score (nSPS) is 21.2. The van der Waals surface area contributed by atoms with Crippen molar-refractivity contribution in [1.29, 1.82) is 0 Å². The number of piperidine rings is 1. The first-order valence-corrected chi connectivity index (χ1v) is 12.9. The van der Waals surface area contributed by atoms with Gasteiger partial charge in [0.2, 0.25) is 0 Å². The van der Waals surface area contributed by atoms with Gasteiger partial charge in [0, 0.05) is 45.8 Å². The molecule has 37 heavy (non-hydrogen) atoms. The minimum atomic E-state index is -5.71. The lowest BCUT2D eigenvalue weighted by Crippen LogP contribution is -2.50. The van der Waals surface area contributed by atoms with E-state index in [-0.39, 0.29) is 18.5 Å². The highest BCUT2D eigenvalue weighted by Crippen LogP contribution is 2.42. The summed E-state index contributed by atoms with van der Waals surface area (Å²) >= 11 is 0. The van der Waals surface area contributed by atoms with Crippen molar-refractivity contribution >= 4 is 6.09 Å². The van der Waals surface area contributed by atoms with Crippen molar-refractivity contribution in [1.82, 2.24) is 14.7 Å². The Labute approximate surface area is 213 Å². The van der Waals surface area contributed by atoms with E-state index in [1.54, 1.807) is 0 Å². The van der Waals surface area contributed by atoms with Gasteiger partial charge in [-0.05, 0) is 60.3 Å². The third kappa shape index (κ3) is 6.71. The fraction of sp³-hybridized carbons (Fsp3) is 0.731. The number of hydrogen-bond acceptors (Lipinski definition) is 4. The van der Waals surface area contributed by atoms with Gasteiger partial charge in [-0.2, -0.15) is 26.3 Å². The van der Waals surface area contributed by atoms with Crippen molar-refractivity contribution in [3.63, 3.8) is 0 Å². The molecule has 208 valence electrons. The summed E-state index contributed by atoms with van der Waals surface area (Å²) in [6.07, 6.45) is -14.1. The molecule has 0 aromatic heterocycles. The number of nitrogens with zero attached hydrogens (tertiary/aromatic N) is 3. The van der Waals surface area contributed by atoms with E-state index in [1.807, 2.05) is 0 Å². The maximum absolute atomic E-state index is 12.8. The van der Waals surface area contributed by atoms with E-state index >= 15 is 0 Å². The first kappa shape index (κ1) is 28.0. The number of likely N-dealkylation sites (tertiary alicyclic amines) is 2. The molecule has 0 saturated carbocycles. The summed E-state index contributed by atoms with van der Waals surface area (Å²) in [7, 11) is 0. The van der Waals surface area contributed by atoms with Gasteiger partial charge in [-0.15, -0.1) is 0 Å². The van der Waals surface area contributed by atoms with Crippen molar-refractivity contribution < 1.29 is 35.9 Å². The molecule has 1 aromatic carbocycles. The van der Waals surface area contributed by atoms with Gasteiger partial charge in [-0.3, -0.25) is 9.80 Å². The molecule has 0 aliphatic carbocycles. The van der Waals surface area contributed by atoms with Crippen LogP contribution < -0.4 is 0 Å². The second-order valence-electron chi connectivity index (χ2n) is 11.2. The van der Waals surface area contributed by atoms with Crippen molar-refractivity contribution in [2.24, 2.45) is 11.3 Å². The summed E-state index contributed by atoms with van der Waals surface area (Å²) < 4.78 is 80.5. The Morgan fingerprint density at radius 2 is 1.62 bits per heavy atom. The summed E-state index contributed by atoms with van der Waals surface area (Å²) in [6, 6.07) is 6.49. The summed E-state index contributed by atoms with van der Waals surface area (Å²) in [5.74, 6) is 0.600. The number of carbonyl (C=O) groups excluding carboxylic acids is 1. The zero-order valence-electron chi connectivity index (χ0n) is 21.3. The molecular weight excluding hydrogens is 500 g/mol. The number of hydrogen-bond donors (Lipinski definition) is 0. The van der Waals surface area contributed by atoms with Crippen LogP contribution in [-0.2, 0) is 24.2 Å². The lowest BCUT2D eigenvalue weighted by molar-refractivity contribution is -0.308. The molecule has 2 saturated heterocycles. The van der Waals surface area contributed by atoms with E-state index < -0.39 is 24.5 Å². The smallest absolute Gasteiger partial charge is 0.426 e. The Morgan fingerprint density at radius 3 is 2.24 bits per heavy atom. The Bertz CT molecular complexity index is 943. The second-order valence-corrected chi connectivity index (χ2v) is 11.2. The third-order valence-corrected chi connectivity index (χ3v) is 7.88. The number of fused-ring (bicyclic) bond motifs is 1. The monoisotopic (exact) mass is 535 g/mol. The molecule has 3 aliphatic rings. The Morgan fingerprint density at radius 1 is 0.973 bits per heavy atom. The SMILES string of the molecule is CC(C)CN1CCc2cccc(CN3CCC4(CCN(C(=O)OC(C(F)(F)F)C(F)(F)F)CC4)C3)c2C1. The molecular formula is C26H35F6N3O2. The van der Waals surface area contributed by atoms with Gasteiger partial charge in [0.15, 0.2) is 0 Å². The zero-order chi connectivity index (χ0) is 27.0. The molecule has 1 aromatic rings. The molecule has 1 spiro atoms. The van der Waals surface area contributed by atoms with Crippen LogP contribution >= 0.6 is 0 Å². The summed E-state index contributed by atoms with van der Waals surface area (Å²) in [5, 5.41) is 0. The molecule has 1 amide bonds. The third-order valence-electron chi connectivity index (χ3n) is 7.88. The van der Waals surface area contributed by atoms with Crippen LogP contribution in [0.15, 0.2) is 18.2 Å². The second kappa shape index (κ2) is 10.6. The molecule has 11 heteroatoms. The minimum absolute atomic E-state index is 0.0833. The quantitative estimate of drug-likeness (QED) is 0.459.